The fourth-order valence-electron chi connectivity index (χ4n) is 2.01. The highest BCUT2D eigenvalue weighted by molar-refractivity contribution is 5.85. The lowest BCUT2D eigenvalue weighted by molar-refractivity contribution is -0.123. The zero-order valence-corrected chi connectivity index (χ0v) is 12.9. The average molecular weight is 314 g/mol. The van der Waals surface area contributed by atoms with Gasteiger partial charge < -0.3 is 14.9 Å². The Morgan fingerprint density at radius 2 is 1.91 bits per heavy atom. The number of nitrogens with one attached hydrogen (secondary N) is 1. The normalized spacial score (nSPS) is 10.7. The van der Waals surface area contributed by atoms with Crippen molar-refractivity contribution < 1.29 is 19.7 Å². The highest BCUT2D eigenvalue weighted by Crippen LogP contribution is 2.22. The van der Waals surface area contributed by atoms with E-state index < -0.39 is 5.91 Å². The molecule has 0 atom stereocenters. The van der Waals surface area contributed by atoms with Crippen LogP contribution in [0.5, 0.6) is 17.2 Å². The van der Waals surface area contributed by atoms with Crippen LogP contribution in [0.4, 0.5) is 0 Å². The summed E-state index contributed by atoms with van der Waals surface area (Å²) in [6.07, 6.45) is 1.28. The zero-order valence-electron chi connectivity index (χ0n) is 12.9. The van der Waals surface area contributed by atoms with Crippen molar-refractivity contribution in [3.05, 3.63) is 53.1 Å². The molecule has 0 heterocycles. The van der Waals surface area contributed by atoms with E-state index in [9.17, 15) is 15.0 Å². The van der Waals surface area contributed by atoms with Gasteiger partial charge in [-0.25, -0.2) is 5.43 Å². The first kappa shape index (κ1) is 16.4. The van der Waals surface area contributed by atoms with E-state index in [1.165, 1.54) is 24.4 Å². The van der Waals surface area contributed by atoms with Crippen LogP contribution in [0.3, 0.4) is 0 Å². The fourth-order valence-corrected chi connectivity index (χ4v) is 2.01. The van der Waals surface area contributed by atoms with Crippen LogP contribution < -0.4 is 10.2 Å². The summed E-state index contributed by atoms with van der Waals surface area (Å²) in [6, 6.07) is 9.82. The molecular weight excluding hydrogens is 296 g/mol. The molecule has 6 heteroatoms. The Hall–Kier alpha value is -3.02. The third-order valence-corrected chi connectivity index (χ3v) is 3.16. The molecule has 6 nitrogen and oxygen atoms in total. The number of phenols is 2. The molecule has 0 aliphatic heterocycles. The van der Waals surface area contributed by atoms with Gasteiger partial charge in [0, 0.05) is 11.6 Å². The Morgan fingerprint density at radius 1 is 1.22 bits per heavy atom. The molecule has 0 unspecified atom stereocenters. The maximum Gasteiger partial charge on any atom is 0.277 e. The van der Waals surface area contributed by atoms with E-state index in [0.717, 1.165) is 11.1 Å². The number of rotatable bonds is 5. The zero-order chi connectivity index (χ0) is 16.8. The number of hydrogen-bond donors (Lipinski definition) is 3. The lowest BCUT2D eigenvalue weighted by Gasteiger charge is -2.10. The Kier molecular flexibility index (Phi) is 5.19. The van der Waals surface area contributed by atoms with Crippen molar-refractivity contribution in [2.45, 2.75) is 13.8 Å². The maximum atomic E-state index is 11.7. The van der Waals surface area contributed by atoms with E-state index in [4.69, 9.17) is 4.74 Å². The minimum absolute atomic E-state index is 0.0503. The van der Waals surface area contributed by atoms with Crippen LogP contribution in [0.1, 0.15) is 16.7 Å². The predicted octanol–water partition coefficient (Wildman–Crippen LogP) is 2.24. The molecule has 0 saturated heterocycles. The summed E-state index contributed by atoms with van der Waals surface area (Å²) >= 11 is 0. The number of amides is 1. The van der Waals surface area contributed by atoms with Crippen LogP contribution >= 0.6 is 0 Å². The van der Waals surface area contributed by atoms with Gasteiger partial charge in [0.05, 0.1) is 6.21 Å². The molecule has 1 amide bonds. The molecular formula is C17H18N2O4. The van der Waals surface area contributed by atoms with Crippen molar-refractivity contribution in [2.75, 3.05) is 6.61 Å². The summed E-state index contributed by atoms with van der Waals surface area (Å²) in [5.41, 5.74) is 4.60. The second-order valence-electron chi connectivity index (χ2n) is 5.05. The Labute approximate surface area is 134 Å². The minimum Gasteiger partial charge on any atom is -0.508 e. The average Bonchev–Trinajstić information content (AvgIpc) is 2.49. The number of hydrazone groups is 1. The van der Waals surface area contributed by atoms with E-state index in [-0.39, 0.29) is 18.1 Å². The molecule has 2 rings (SSSR count). The molecule has 0 fully saturated rings. The summed E-state index contributed by atoms with van der Waals surface area (Å²) in [7, 11) is 0. The van der Waals surface area contributed by atoms with E-state index in [2.05, 4.69) is 10.5 Å². The Balaban J connectivity index is 1.89. The highest BCUT2D eigenvalue weighted by Gasteiger charge is 2.06. The third kappa shape index (κ3) is 4.47. The molecule has 0 aromatic heterocycles. The van der Waals surface area contributed by atoms with Gasteiger partial charge in [0.25, 0.3) is 5.91 Å². The first-order valence-electron chi connectivity index (χ1n) is 7.00. The molecule has 0 bridgehead atoms. The number of carbonyl (C=O) groups excluding carboxylic acids is 1. The van der Waals surface area contributed by atoms with Gasteiger partial charge in [-0.15, -0.1) is 0 Å². The number of aromatic hydroxyl groups is 2. The van der Waals surface area contributed by atoms with Crippen molar-refractivity contribution in [3.8, 4) is 17.2 Å². The van der Waals surface area contributed by atoms with Crippen LogP contribution in [-0.2, 0) is 4.79 Å². The number of nitrogens with zero attached hydrogens (tertiary/aromatic N) is 1. The number of carbonyl (C=O) groups is 1. The number of hydrogen-bond acceptors (Lipinski definition) is 5. The van der Waals surface area contributed by atoms with Gasteiger partial charge in [-0.1, -0.05) is 18.2 Å². The second-order valence-corrected chi connectivity index (χ2v) is 5.05. The number of benzene rings is 2. The van der Waals surface area contributed by atoms with Crippen molar-refractivity contribution in [1.82, 2.24) is 5.43 Å². The maximum absolute atomic E-state index is 11.7. The monoisotopic (exact) mass is 314 g/mol. The van der Waals surface area contributed by atoms with Crippen LogP contribution in [0.2, 0.25) is 0 Å². The standard InChI is InChI=1S/C17H18N2O4/c1-11-4-3-5-12(2)17(11)23-10-16(22)19-18-9-13-6-7-14(20)8-15(13)21/h3-9,20-21H,10H2,1-2H3,(H,19,22)/b18-9+. The molecule has 120 valence electrons. The van der Waals surface area contributed by atoms with Gasteiger partial charge >= 0.3 is 0 Å². The van der Waals surface area contributed by atoms with Gasteiger partial charge in [-0.05, 0) is 37.1 Å². The van der Waals surface area contributed by atoms with Gasteiger partial charge in [0.15, 0.2) is 6.61 Å². The van der Waals surface area contributed by atoms with Crippen molar-refractivity contribution in [3.63, 3.8) is 0 Å². The number of aryl methyl sites for hydroxylation is 2. The molecule has 0 saturated carbocycles. The van der Waals surface area contributed by atoms with E-state index in [1.54, 1.807) is 0 Å². The van der Waals surface area contributed by atoms with Crippen molar-refractivity contribution in [1.29, 1.82) is 0 Å². The van der Waals surface area contributed by atoms with Gasteiger partial charge in [0.2, 0.25) is 0 Å². The van der Waals surface area contributed by atoms with Gasteiger partial charge in [-0.3, -0.25) is 4.79 Å². The Bertz CT molecular complexity index is 721. The number of ether oxygens (including phenoxy) is 1. The molecule has 2 aromatic carbocycles. The van der Waals surface area contributed by atoms with E-state index >= 15 is 0 Å². The summed E-state index contributed by atoms with van der Waals surface area (Å²) in [4.78, 5) is 11.7. The molecule has 23 heavy (non-hydrogen) atoms. The quantitative estimate of drug-likeness (QED) is 0.583. The third-order valence-electron chi connectivity index (χ3n) is 3.16. The summed E-state index contributed by atoms with van der Waals surface area (Å²) in [6.45, 7) is 3.66. The van der Waals surface area contributed by atoms with Crippen LogP contribution in [-0.4, -0.2) is 28.9 Å². The number of phenolic OH excluding ortho intramolecular Hbond substituents is 2. The molecule has 2 aromatic rings. The van der Waals surface area contributed by atoms with Gasteiger partial charge in [-0.2, -0.15) is 5.10 Å². The first-order chi connectivity index (χ1) is 11.0. The minimum atomic E-state index is -0.415. The molecule has 0 aliphatic carbocycles. The van der Waals surface area contributed by atoms with Crippen LogP contribution in [0.25, 0.3) is 0 Å². The lowest BCUT2D eigenvalue weighted by Crippen LogP contribution is -2.25. The smallest absolute Gasteiger partial charge is 0.277 e. The summed E-state index contributed by atoms with van der Waals surface area (Å²) < 4.78 is 5.50. The first-order valence-corrected chi connectivity index (χ1v) is 7.00. The number of para-hydroxylation sites is 1. The Morgan fingerprint density at radius 3 is 2.57 bits per heavy atom. The largest absolute Gasteiger partial charge is 0.508 e. The predicted molar refractivity (Wildman–Crippen MR) is 86.9 cm³/mol. The molecule has 0 spiro atoms. The second kappa shape index (κ2) is 7.31. The summed E-state index contributed by atoms with van der Waals surface area (Å²) in [5.74, 6) is 0.0884. The van der Waals surface area contributed by atoms with Crippen LogP contribution in [0, 0.1) is 13.8 Å². The topological polar surface area (TPSA) is 91.2 Å². The van der Waals surface area contributed by atoms with Crippen LogP contribution in [0.15, 0.2) is 41.5 Å². The van der Waals surface area contributed by atoms with Crippen molar-refractivity contribution in [2.24, 2.45) is 5.10 Å². The molecule has 0 aliphatic rings. The van der Waals surface area contributed by atoms with E-state index in [0.29, 0.717) is 11.3 Å². The summed E-state index contributed by atoms with van der Waals surface area (Å²) in [5, 5.41) is 22.5. The highest BCUT2D eigenvalue weighted by atomic mass is 16.5. The molecule has 3 N–H and O–H groups in total. The lowest BCUT2D eigenvalue weighted by atomic mass is 10.1. The van der Waals surface area contributed by atoms with E-state index in [1.807, 2.05) is 32.0 Å². The fraction of sp³-hybridized carbons (Fsp3) is 0.176. The SMILES string of the molecule is Cc1cccc(C)c1OCC(=O)N/N=C/c1ccc(O)cc1O. The van der Waals surface area contributed by atoms with Crippen molar-refractivity contribution >= 4 is 12.1 Å². The van der Waals surface area contributed by atoms with Gasteiger partial charge in [0.1, 0.15) is 17.2 Å². The molecule has 0 radical (unpaired) electrons.